The van der Waals surface area contributed by atoms with Gasteiger partial charge in [0.15, 0.2) is 5.82 Å². The van der Waals surface area contributed by atoms with Gasteiger partial charge in [-0.15, -0.1) is 0 Å². The predicted molar refractivity (Wildman–Crippen MR) is 129 cm³/mol. The van der Waals surface area contributed by atoms with Crippen molar-refractivity contribution in [2.45, 2.75) is 52.4 Å². The number of anilines is 1. The summed E-state index contributed by atoms with van der Waals surface area (Å²) in [5.74, 6) is 3.96. The molecule has 1 saturated heterocycles. The van der Waals surface area contributed by atoms with Crippen molar-refractivity contribution in [1.82, 2.24) is 9.97 Å². The summed E-state index contributed by atoms with van der Waals surface area (Å²) in [6.07, 6.45) is 7.82. The fourth-order valence-corrected chi connectivity index (χ4v) is 6.95. The summed E-state index contributed by atoms with van der Waals surface area (Å²) in [5, 5.41) is 0. The van der Waals surface area contributed by atoms with Crippen LogP contribution in [-0.2, 0) is 6.42 Å². The molecule has 1 aliphatic heterocycles. The molecule has 2 aromatic heterocycles. The quantitative estimate of drug-likeness (QED) is 0.491. The van der Waals surface area contributed by atoms with Crippen LogP contribution in [0.15, 0.2) is 36.4 Å². The van der Waals surface area contributed by atoms with Gasteiger partial charge >= 0.3 is 0 Å². The van der Waals surface area contributed by atoms with Crippen LogP contribution < -0.4 is 4.90 Å². The Hall–Kier alpha value is -2.36. The van der Waals surface area contributed by atoms with Crippen LogP contribution in [0.5, 0.6) is 0 Å². The topological polar surface area (TPSA) is 31.9 Å². The molecule has 5 atom stereocenters. The summed E-state index contributed by atoms with van der Waals surface area (Å²) in [6, 6.07) is 12.0. The lowest BCUT2D eigenvalue weighted by Crippen LogP contribution is -2.18. The number of H-pyrrole nitrogens is 1. The van der Waals surface area contributed by atoms with E-state index in [1.165, 1.54) is 43.5 Å². The van der Waals surface area contributed by atoms with E-state index >= 15 is 0 Å². The fraction of sp³-hybridized carbons (Fsp3) is 0.536. The minimum absolute atomic E-state index is 0.251. The first-order valence-electron chi connectivity index (χ1n) is 12.6. The average Bonchev–Trinajstić information content (AvgIpc) is 3.55. The van der Waals surface area contributed by atoms with E-state index < -0.39 is 0 Å². The highest BCUT2D eigenvalue weighted by Gasteiger charge is 2.42. The van der Waals surface area contributed by atoms with E-state index in [4.69, 9.17) is 4.98 Å². The zero-order valence-electron chi connectivity index (χ0n) is 19.3. The minimum atomic E-state index is -0.251. The lowest BCUT2D eigenvalue weighted by Gasteiger charge is -2.18. The minimum Gasteiger partial charge on any atom is -0.371 e. The van der Waals surface area contributed by atoms with Crippen LogP contribution in [0.25, 0.3) is 22.3 Å². The van der Waals surface area contributed by atoms with Gasteiger partial charge in [0.25, 0.3) is 0 Å². The molecule has 3 aliphatic rings. The molecule has 5 unspecified atom stereocenters. The molecule has 1 aromatic carbocycles. The summed E-state index contributed by atoms with van der Waals surface area (Å²) < 4.78 is 15.0. The van der Waals surface area contributed by atoms with Crippen molar-refractivity contribution in [3.8, 4) is 11.3 Å². The summed E-state index contributed by atoms with van der Waals surface area (Å²) in [7, 11) is 0. The van der Waals surface area contributed by atoms with E-state index in [9.17, 15) is 4.39 Å². The number of hydrogen-bond donors (Lipinski definition) is 1. The van der Waals surface area contributed by atoms with Gasteiger partial charge in [-0.05, 0) is 79.9 Å². The molecule has 32 heavy (non-hydrogen) atoms. The predicted octanol–water partition coefficient (Wildman–Crippen LogP) is 6.83. The van der Waals surface area contributed by atoms with Gasteiger partial charge in [-0.3, -0.25) is 0 Å². The van der Waals surface area contributed by atoms with E-state index in [2.05, 4.69) is 41.9 Å². The second-order valence-electron chi connectivity index (χ2n) is 10.9. The molecule has 1 N–H and O–H groups in total. The van der Waals surface area contributed by atoms with Gasteiger partial charge in [-0.25, -0.2) is 9.37 Å². The van der Waals surface area contributed by atoms with Crippen molar-refractivity contribution in [2.24, 2.45) is 29.6 Å². The molecule has 2 saturated carbocycles. The highest BCUT2D eigenvalue weighted by molar-refractivity contribution is 5.80. The van der Waals surface area contributed by atoms with Crippen LogP contribution >= 0.6 is 0 Å². The first-order valence-corrected chi connectivity index (χ1v) is 12.6. The van der Waals surface area contributed by atoms with Crippen LogP contribution in [0.2, 0.25) is 0 Å². The fourth-order valence-electron chi connectivity index (χ4n) is 6.95. The summed E-state index contributed by atoms with van der Waals surface area (Å²) >= 11 is 0. The monoisotopic (exact) mass is 431 g/mol. The second kappa shape index (κ2) is 7.90. The molecule has 4 heteroatoms. The Labute approximate surface area is 190 Å². The summed E-state index contributed by atoms with van der Waals surface area (Å²) in [5.41, 5.74) is 5.44. The molecule has 3 fully saturated rings. The van der Waals surface area contributed by atoms with Crippen molar-refractivity contribution >= 4 is 16.7 Å². The summed E-state index contributed by atoms with van der Waals surface area (Å²) in [4.78, 5) is 10.6. The molecule has 0 spiro atoms. The number of nitrogens with zero attached hydrogens (tertiary/aromatic N) is 2. The van der Waals surface area contributed by atoms with Crippen molar-refractivity contribution in [2.75, 3.05) is 18.0 Å². The molecule has 3 heterocycles. The molecule has 168 valence electrons. The molecule has 0 radical (unpaired) electrons. The van der Waals surface area contributed by atoms with E-state index in [1.54, 1.807) is 6.07 Å². The normalized spacial score (nSPS) is 29.8. The van der Waals surface area contributed by atoms with Crippen LogP contribution in [0.4, 0.5) is 10.1 Å². The molecule has 6 rings (SSSR count). The number of aromatic nitrogens is 2. The number of nitrogens with one attached hydrogen (secondary N) is 1. The lowest BCUT2D eigenvalue weighted by molar-refractivity contribution is 0.322. The highest BCUT2D eigenvalue weighted by Crippen LogP contribution is 2.51. The van der Waals surface area contributed by atoms with Crippen LogP contribution in [0, 0.1) is 35.4 Å². The zero-order chi connectivity index (χ0) is 21.8. The third kappa shape index (κ3) is 3.52. The maximum absolute atomic E-state index is 15.0. The van der Waals surface area contributed by atoms with Crippen molar-refractivity contribution < 1.29 is 4.39 Å². The van der Waals surface area contributed by atoms with Crippen molar-refractivity contribution in [3.05, 3.63) is 47.9 Å². The molecule has 3 nitrogen and oxygen atoms in total. The van der Waals surface area contributed by atoms with Gasteiger partial charge in [0.2, 0.25) is 0 Å². The number of aromatic amines is 1. The molecular formula is C28H34FN3. The number of hydrogen-bond acceptors (Lipinski definition) is 2. The Morgan fingerprint density at radius 3 is 2.59 bits per heavy atom. The Morgan fingerprint density at radius 2 is 1.81 bits per heavy atom. The number of fused-ring (bicyclic) bond motifs is 2. The summed E-state index contributed by atoms with van der Waals surface area (Å²) in [6.45, 7) is 6.94. The Kier molecular flexibility index (Phi) is 5.00. The molecule has 2 aliphatic carbocycles. The van der Waals surface area contributed by atoms with Gasteiger partial charge in [0.1, 0.15) is 5.69 Å². The van der Waals surface area contributed by atoms with E-state index in [0.29, 0.717) is 5.69 Å². The third-order valence-corrected chi connectivity index (χ3v) is 8.74. The molecule has 0 amide bonds. The maximum atomic E-state index is 15.0. The Morgan fingerprint density at radius 1 is 1.00 bits per heavy atom. The molecule has 0 bridgehead atoms. The average molecular weight is 432 g/mol. The number of halogens is 1. The highest BCUT2D eigenvalue weighted by atomic mass is 19.1. The third-order valence-electron chi connectivity index (χ3n) is 8.74. The number of pyridine rings is 1. The van der Waals surface area contributed by atoms with E-state index in [1.807, 2.05) is 12.1 Å². The van der Waals surface area contributed by atoms with Gasteiger partial charge in [-0.2, -0.15) is 0 Å². The Bertz CT molecular complexity index is 1120. The largest absolute Gasteiger partial charge is 0.371 e. The molecular weight excluding hydrogens is 397 g/mol. The first kappa shape index (κ1) is 20.3. The number of benzene rings is 1. The van der Waals surface area contributed by atoms with Crippen molar-refractivity contribution in [1.29, 1.82) is 0 Å². The lowest BCUT2D eigenvalue weighted by atomic mass is 9.87. The van der Waals surface area contributed by atoms with Gasteiger partial charge < -0.3 is 9.88 Å². The standard InChI is InChI=1S/C28H34FN3/c1-17-11-12-32(16-17)22-7-4-19(5-8-22)28-25(29)15-27-26(31-28)14-21(30-27)13-20-6-10-23-18(2)3-9-24(20)23/h4-5,7-8,14-15,17-18,20,23-24,30H,3,6,9-13,16H2,1-2H3. The van der Waals surface area contributed by atoms with Crippen LogP contribution in [0.1, 0.15) is 51.6 Å². The van der Waals surface area contributed by atoms with Crippen LogP contribution in [-0.4, -0.2) is 23.1 Å². The smallest absolute Gasteiger partial charge is 0.151 e. The molecule has 3 aromatic rings. The van der Waals surface area contributed by atoms with Gasteiger partial charge in [0, 0.05) is 36.1 Å². The van der Waals surface area contributed by atoms with E-state index in [0.717, 1.165) is 65.7 Å². The van der Waals surface area contributed by atoms with Crippen LogP contribution in [0.3, 0.4) is 0 Å². The van der Waals surface area contributed by atoms with E-state index in [-0.39, 0.29) is 5.82 Å². The first-order chi connectivity index (χ1) is 15.5. The second-order valence-corrected chi connectivity index (χ2v) is 10.9. The zero-order valence-corrected chi connectivity index (χ0v) is 19.3. The number of rotatable bonds is 4. The van der Waals surface area contributed by atoms with Gasteiger partial charge in [-0.1, -0.05) is 32.4 Å². The SMILES string of the molecule is CC1CCN(c2ccc(-c3nc4cc(CC5CCC6C(C)CCC56)[nH]c4cc3F)cc2)C1. The van der Waals surface area contributed by atoms with Gasteiger partial charge in [0.05, 0.1) is 11.0 Å². The van der Waals surface area contributed by atoms with Crippen molar-refractivity contribution in [3.63, 3.8) is 0 Å². The maximum Gasteiger partial charge on any atom is 0.151 e. The Balaban J connectivity index is 1.23.